The number of rotatable bonds is 5. The molecule has 1 heterocycles. The molecule has 0 radical (unpaired) electrons. The summed E-state index contributed by atoms with van der Waals surface area (Å²) >= 11 is 0. The van der Waals surface area contributed by atoms with Gasteiger partial charge >= 0.3 is 0 Å². The van der Waals surface area contributed by atoms with E-state index in [1.807, 2.05) is 0 Å². The van der Waals surface area contributed by atoms with Crippen LogP contribution in [0.3, 0.4) is 0 Å². The van der Waals surface area contributed by atoms with Crippen LogP contribution in [-0.2, 0) is 9.84 Å². The Hall–Kier alpha value is -0.880. The summed E-state index contributed by atoms with van der Waals surface area (Å²) in [5, 5.41) is 0. The quantitative estimate of drug-likeness (QED) is 0.809. The number of nitrogens with two attached hydrogens (primary N) is 1. The van der Waals surface area contributed by atoms with Gasteiger partial charge in [-0.15, -0.1) is 0 Å². The second kappa shape index (κ2) is 4.97. The third-order valence-corrected chi connectivity index (χ3v) is 3.37. The van der Waals surface area contributed by atoms with Crippen LogP contribution in [0.5, 0.6) is 0 Å². The van der Waals surface area contributed by atoms with E-state index >= 15 is 0 Å². The standard InChI is InChI=1S/C10H19N3O2S/c1-7(2)9-6-12-10(13-9)8(11)4-5-16(3,14)15/h6-8H,4-5,11H2,1-3H3,(H,12,13). The summed E-state index contributed by atoms with van der Waals surface area (Å²) in [4.78, 5) is 7.28. The van der Waals surface area contributed by atoms with Gasteiger partial charge in [-0.1, -0.05) is 13.8 Å². The Morgan fingerprint density at radius 1 is 1.50 bits per heavy atom. The molecule has 1 unspecified atom stereocenters. The van der Waals surface area contributed by atoms with E-state index in [1.54, 1.807) is 6.20 Å². The summed E-state index contributed by atoms with van der Waals surface area (Å²) in [6, 6.07) is -0.345. The molecule has 1 aromatic rings. The molecule has 1 rings (SSSR count). The van der Waals surface area contributed by atoms with E-state index in [-0.39, 0.29) is 11.8 Å². The first kappa shape index (κ1) is 13.2. The molecule has 0 fully saturated rings. The molecule has 1 aromatic heterocycles. The lowest BCUT2D eigenvalue weighted by molar-refractivity contribution is 0.587. The first-order valence-electron chi connectivity index (χ1n) is 5.27. The molecule has 0 aliphatic rings. The van der Waals surface area contributed by atoms with E-state index in [4.69, 9.17) is 5.73 Å². The van der Waals surface area contributed by atoms with Crippen molar-refractivity contribution in [2.75, 3.05) is 12.0 Å². The van der Waals surface area contributed by atoms with Gasteiger partial charge in [-0.2, -0.15) is 0 Å². The van der Waals surface area contributed by atoms with Crippen LogP contribution >= 0.6 is 0 Å². The number of aromatic nitrogens is 2. The van der Waals surface area contributed by atoms with Gasteiger partial charge in [0.2, 0.25) is 0 Å². The van der Waals surface area contributed by atoms with Gasteiger partial charge in [-0.25, -0.2) is 13.4 Å². The Morgan fingerprint density at radius 2 is 2.12 bits per heavy atom. The second-order valence-electron chi connectivity index (χ2n) is 4.40. The Balaban J connectivity index is 2.63. The Labute approximate surface area is 96.4 Å². The zero-order valence-electron chi connectivity index (χ0n) is 9.90. The Kier molecular flexibility index (Phi) is 4.09. The van der Waals surface area contributed by atoms with Crippen LogP contribution < -0.4 is 5.73 Å². The van der Waals surface area contributed by atoms with Crippen molar-refractivity contribution in [1.29, 1.82) is 0 Å². The number of H-pyrrole nitrogens is 1. The molecule has 1 atom stereocenters. The first-order valence-corrected chi connectivity index (χ1v) is 7.33. The molecular formula is C10H19N3O2S. The van der Waals surface area contributed by atoms with Crippen molar-refractivity contribution < 1.29 is 8.42 Å². The molecule has 0 amide bonds. The normalized spacial score (nSPS) is 14.3. The maximum Gasteiger partial charge on any atom is 0.147 e. The Bertz CT molecular complexity index is 437. The van der Waals surface area contributed by atoms with Crippen LogP contribution in [0, 0.1) is 0 Å². The summed E-state index contributed by atoms with van der Waals surface area (Å²) in [5.74, 6) is 1.11. The average molecular weight is 245 g/mol. The van der Waals surface area contributed by atoms with Crippen molar-refractivity contribution in [3.05, 3.63) is 17.7 Å². The van der Waals surface area contributed by atoms with Crippen molar-refractivity contribution in [2.24, 2.45) is 5.73 Å². The van der Waals surface area contributed by atoms with Crippen LogP contribution in [-0.4, -0.2) is 30.4 Å². The largest absolute Gasteiger partial charge is 0.344 e. The molecule has 0 aliphatic carbocycles. The number of nitrogens with one attached hydrogen (secondary N) is 1. The minimum absolute atomic E-state index is 0.0892. The summed E-state index contributed by atoms with van der Waals surface area (Å²) < 4.78 is 22.0. The van der Waals surface area contributed by atoms with Crippen LogP contribution in [0.2, 0.25) is 0 Å². The maximum atomic E-state index is 11.0. The molecule has 0 bridgehead atoms. The van der Waals surface area contributed by atoms with Gasteiger partial charge in [0.25, 0.3) is 0 Å². The monoisotopic (exact) mass is 245 g/mol. The fourth-order valence-corrected chi connectivity index (χ4v) is 1.99. The highest BCUT2D eigenvalue weighted by molar-refractivity contribution is 7.90. The average Bonchev–Trinajstić information content (AvgIpc) is 2.61. The highest BCUT2D eigenvalue weighted by Gasteiger charge is 2.14. The highest BCUT2D eigenvalue weighted by Crippen LogP contribution is 2.16. The number of nitrogens with zero attached hydrogens (tertiary/aromatic N) is 1. The lowest BCUT2D eigenvalue weighted by Gasteiger charge is -2.07. The van der Waals surface area contributed by atoms with Gasteiger partial charge < -0.3 is 10.7 Å². The molecule has 16 heavy (non-hydrogen) atoms. The van der Waals surface area contributed by atoms with Crippen molar-refractivity contribution in [1.82, 2.24) is 9.97 Å². The first-order chi connectivity index (χ1) is 7.29. The van der Waals surface area contributed by atoms with Crippen molar-refractivity contribution >= 4 is 9.84 Å². The second-order valence-corrected chi connectivity index (χ2v) is 6.66. The van der Waals surface area contributed by atoms with Crippen LogP contribution in [0.15, 0.2) is 6.20 Å². The van der Waals surface area contributed by atoms with Gasteiger partial charge in [-0.05, 0) is 12.3 Å². The van der Waals surface area contributed by atoms with Gasteiger partial charge in [0.05, 0.1) is 11.8 Å². The SMILES string of the molecule is CC(C)c1cnc(C(N)CCS(C)(=O)=O)[nH]1. The van der Waals surface area contributed by atoms with Crippen LogP contribution in [0.4, 0.5) is 0 Å². The van der Waals surface area contributed by atoms with E-state index < -0.39 is 9.84 Å². The molecule has 92 valence electrons. The number of imidazole rings is 1. The number of aromatic amines is 1. The summed E-state index contributed by atoms with van der Waals surface area (Å²) in [7, 11) is -2.96. The van der Waals surface area contributed by atoms with E-state index in [9.17, 15) is 8.42 Å². The van der Waals surface area contributed by atoms with Crippen LogP contribution in [0.25, 0.3) is 0 Å². The number of hydrogen-bond acceptors (Lipinski definition) is 4. The molecule has 0 saturated heterocycles. The third-order valence-electron chi connectivity index (χ3n) is 2.39. The zero-order chi connectivity index (χ0) is 12.3. The predicted molar refractivity (Wildman–Crippen MR) is 63.9 cm³/mol. The fraction of sp³-hybridized carbons (Fsp3) is 0.700. The summed E-state index contributed by atoms with van der Waals surface area (Å²) in [5.41, 5.74) is 6.88. The molecule has 0 aliphatic heterocycles. The van der Waals surface area contributed by atoms with Crippen LogP contribution in [0.1, 0.15) is 43.7 Å². The lowest BCUT2D eigenvalue weighted by atomic mass is 10.1. The molecule has 0 spiro atoms. The summed E-state index contributed by atoms with van der Waals surface area (Å²) in [6.45, 7) is 4.11. The highest BCUT2D eigenvalue weighted by atomic mass is 32.2. The number of sulfone groups is 1. The molecule has 5 nitrogen and oxygen atoms in total. The van der Waals surface area contributed by atoms with E-state index in [2.05, 4.69) is 23.8 Å². The summed E-state index contributed by atoms with van der Waals surface area (Å²) in [6.07, 6.45) is 3.35. The van der Waals surface area contributed by atoms with Crippen molar-refractivity contribution in [3.63, 3.8) is 0 Å². The van der Waals surface area contributed by atoms with E-state index in [1.165, 1.54) is 6.26 Å². The molecule has 6 heteroatoms. The lowest BCUT2D eigenvalue weighted by Crippen LogP contribution is -2.17. The Morgan fingerprint density at radius 3 is 2.56 bits per heavy atom. The predicted octanol–water partition coefficient (Wildman–Crippen LogP) is 0.968. The maximum absolute atomic E-state index is 11.0. The van der Waals surface area contributed by atoms with E-state index in [0.717, 1.165) is 5.69 Å². The van der Waals surface area contributed by atoms with Gasteiger partial charge in [-0.3, -0.25) is 0 Å². The van der Waals surface area contributed by atoms with E-state index in [0.29, 0.717) is 18.2 Å². The fourth-order valence-electron chi connectivity index (χ4n) is 1.31. The van der Waals surface area contributed by atoms with Gasteiger partial charge in [0, 0.05) is 18.1 Å². The molecular weight excluding hydrogens is 226 g/mol. The number of hydrogen-bond donors (Lipinski definition) is 2. The molecule has 3 N–H and O–H groups in total. The zero-order valence-corrected chi connectivity index (χ0v) is 10.7. The minimum Gasteiger partial charge on any atom is -0.344 e. The third kappa shape index (κ3) is 3.94. The van der Waals surface area contributed by atoms with Crippen molar-refractivity contribution in [2.45, 2.75) is 32.2 Å². The minimum atomic E-state index is -2.96. The molecule has 0 aromatic carbocycles. The smallest absolute Gasteiger partial charge is 0.147 e. The van der Waals surface area contributed by atoms with Crippen molar-refractivity contribution in [3.8, 4) is 0 Å². The molecule has 0 saturated carbocycles. The van der Waals surface area contributed by atoms with Gasteiger partial charge in [0.15, 0.2) is 0 Å². The topological polar surface area (TPSA) is 88.8 Å². The van der Waals surface area contributed by atoms with Gasteiger partial charge in [0.1, 0.15) is 15.7 Å².